The number of ether oxygens (including phenoxy) is 2. The van der Waals surface area contributed by atoms with Gasteiger partial charge in [0.25, 0.3) is 0 Å². The zero-order valence-corrected chi connectivity index (χ0v) is 17.5. The van der Waals surface area contributed by atoms with Gasteiger partial charge in [-0.3, -0.25) is 0 Å². The lowest BCUT2D eigenvalue weighted by Crippen LogP contribution is -2.82. The van der Waals surface area contributed by atoms with E-state index in [9.17, 15) is 0 Å². The number of nitrogens with zero attached hydrogens (tertiary/aromatic N) is 5. The van der Waals surface area contributed by atoms with Gasteiger partial charge in [0.05, 0.1) is 12.8 Å². The van der Waals surface area contributed by atoms with Crippen LogP contribution in [0.4, 0.5) is 5.69 Å². The Labute approximate surface area is 174 Å². The normalized spacial score (nSPS) is 18.7. The van der Waals surface area contributed by atoms with Crippen LogP contribution in [0.5, 0.6) is 5.75 Å². The van der Waals surface area contributed by atoms with Crippen LogP contribution in [0, 0.1) is 0 Å². The van der Waals surface area contributed by atoms with Crippen molar-refractivity contribution in [3.63, 3.8) is 0 Å². The van der Waals surface area contributed by atoms with E-state index < -0.39 is 0 Å². The van der Waals surface area contributed by atoms with Gasteiger partial charge in [0.15, 0.2) is 0 Å². The molecule has 8 nitrogen and oxygen atoms in total. The Kier molecular flexibility index (Phi) is 5.98. The predicted molar refractivity (Wildman–Crippen MR) is 112 cm³/mol. The van der Waals surface area contributed by atoms with E-state index >= 15 is 0 Å². The molecule has 0 spiro atoms. The minimum absolute atomic E-state index is 0.0365. The highest BCUT2D eigenvalue weighted by molar-refractivity contribution is 7.99. The minimum atomic E-state index is 0.0365. The van der Waals surface area contributed by atoms with Crippen LogP contribution in [-0.2, 0) is 4.74 Å². The van der Waals surface area contributed by atoms with Gasteiger partial charge in [0.1, 0.15) is 18.4 Å². The molecule has 3 aromatic rings. The van der Waals surface area contributed by atoms with E-state index in [0.29, 0.717) is 0 Å². The van der Waals surface area contributed by atoms with Crippen LogP contribution in [-0.4, -0.2) is 59.8 Å². The van der Waals surface area contributed by atoms with E-state index in [1.165, 1.54) is 11.3 Å². The van der Waals surface area contributed by atoms with Gasteiger partial charge in [-0.2, -0.15) is 4.68 Å². The maximum Gasteiger partial charge on any atom is 0.217 e. The Hall–Kier alpha value is -2.62. The zero-order valence-electron chi connectivity index (χ0n) is 16.7. The number of tetrazole rings is 1. The van der Waals surface area contributed by atoms with Crippen molar-refractivity contribution in [2.24, 2.45) is 0 Å². The molecule has 0 bridgehead atoms. The number of thioether (sulfide) groups is 1. The van der Waals surface area contributed by atoms with Crippen molar-refractivity contribution in [3.8, 4) is 11.4 Å². The molecule has 1 saturated heterocycles. The summed E-state index contributed by atoms with van der Waals surface area (Å²) in [4.78, 5) is 2.09. The summed E-state index contributed by atoms with van der Waals surface area (Å²) in [6.07, 6.45) is 0.175. The lowest BCUT2D eigenvalue weighted by molar-refractivity contribution is -0.697. The molecule has 29 heavy (non-hydrogen) atoms. The summed E-state index contributed by atoms with van der Waals surface area (Å²) in [5.41, 5.74) is 3.27. The fourth-order valence-electron chi connectivity index (χ4n) is 3.20. The van der Waals surface area contributed by atoms with E-state index in [1.54, 1.807) is 23.6 Å². The summed E-state index contributed by atoms with van der Waals surface area (Å²) in [5, 5.41) is 15.1. The largest absolute Gasteiger partial charge is 0.497 e. The standard InChI is InChI=1S/C20H24N6O2S/c1-25(2)15-6-4-14(5-7-15)19-21-12-18(28-19)13-29-20-22-23-24-26(20)16-8-10-17(27-3)11-9-16/h4-11,18-19,21H,12-13H2,1-3H3/p+1/t18-,19+/m0/s1. The summed E-state index contributed by atoms with van der Waals surface area (Å²) in [7, 11) is 5.73. The van der Waals surface area contributed by atoms with Crippen molar-refractivity contribution in [1.82, 2.24) is 20.2 Å². The van der Waals surface area contributed by atoms with Gasteiger partial charge in [-0.1, -0.05) is 11.8 Å². The third kappa shape index (κ3) is 4.52. The van der Waals surface area contributed by atoms with Crippen LogP contribution in [0.2, 0.25) is 0 Å². The number of aromatic nitrogens is 4. The van der Waals surface area contributed by atoms with Crippen LogP contribution >= 0.6 is 11.8 Å². The van der Waals surface area contributed by atoms with Gasteiger partial charge < -0.3 is 19.7 Å². The van der Waals surface area contributed by atoms with Crippen LogP contribution < -0.4 is 15.0 Å². The van der Waals surface area contributed by atoms with Gasteiger partial charge in [0.2, 0.25) is 11.4 Å². The molecule has 2 N–H and O–H groups in total. The second-order valence-corrected chi connectivity index (χ2v) is 8.01. The first-order valence-electron chi connectivity index (χ1n) is 9.45. The average Bonchev–Trinajstić information content (AvgIpc) is 3.42. The third-order valence-electron chi connectivity index (χ3n) is 4.85. The number of nitrogens with two attached hydrogens (primary N) is 1. The van der Waals surface area contributed by atoms with Gasteiger partial charge in [-0.05, 0) is 59.0 Å². The second kappa shape index (κ2) is 8.81. The van der Waals surface area contributed by atoms with Crippen LogP contribution in [0.3, 0.4) is 0 Å². The Bertz CT molecular complexity index is 929. The summed E-state index contributed by atoms with van der Waals surface area (Å²) >= 11 is 1.60. The topological polar surface area (TPSA) is 81.9 Å². The summed E-state index contributed by atoms with van der Waals surface area (Å²) < 4.78 is 13.2. The first kappa shape index (κ1) is 19.7. The highest BCUT2D eigenvalue weighted by Gasteiger charge is 2.30. The number of methoxy groups -OCH3 is 1. The van der Waals surface area contributed by atoms with E-state index in [1.807, 2.05) is 38.4 Å². The molecule has 0 amide bonds. The molecule has 0 aliphatic carbocycles. The van der Waals surface area contributed by atoms with Crippen molar-refractivity contribution in [2.45, 2.75) is 17.5 Å². The van der Waals surface area contributed by atoms with Crippen molar-refractivity contribution in [1.29, 1.82) is 0 Å². The third-order valence-corrected chi connectivity index (χ3v) is 5.90. The summed E-state index contributed by atoms with van der Waals surface area (Å²) in [5.74, 6) is 1.59. The fourth-order valence-corrected chi connectivity index (χ4v) is 4.11. The molecule has 2 atom stereocenters. The van der Waals surface area contributed by atoms with E-state index in [-0.39, 0.29) is 12.3 Å². The van der Waals surface area contributed by atoms with Crippen LogP contribution in [0.15, 0.2) is 53.7 Å². The number of benzene rings is 2. The second-order valence-electron chi connectivity index (χ2n) is 7.02. The summed E-state index contributed by atoms with van der Waals surface area (Å²) in [6.45, 7) is 0.914. The molecule has 1 fully saturated rings. The molecule has 1 aliphatic rings. The molecule has 9 heteroatoms. The van der Waals surface area contributed by atoms with Crippen molar-refractivity contribution < 1.29 is 14.8 Å². The molecular weight excluding hydrogens is 388 g/mol. The monoisotopic (exact) mass is 413 g/mol. The molecule has 152 valence electrons. The number of hydrogen-bond donors (Lipinski definition) is 1. The van der Waals surface area contributed by atoms with E-state index in [2.05, 4.69) is 50.0 Å². The highest BCUT2D eigenvalue weighted by atomic mass is 32.2. The van der Waals surface area contributed by atoms with Gasteiger partial charge in [-0.25, -0.2) is 0 Å². The van der Waals surface area contributed by atoms with Crippen molar-refractivity contribution >= 4 is 17.4 Å². The highest BCUT2D eigenvalue weighted by Crippen LogP contribution is 2.25. The predicted octanol–water partition coefficient (Wildman–Crippen LogP) is 1.49. The quantitative estimate of drug-likeness (QED) is 0.588. The Balaban J connectivity index is 1.35. The number of quaternary nitrogens is 1. The Morgan fingerprint density at radius 1 is 1.17 bits per heavy atom. The van der Waals surface area contributed by atoms with Crippen LogP contribution in [0.1, 0.15) is 11.8 Å². The van der Waals surface area contributed by atoms with Gasteiger partial charge >= 0.3 is 0 Å². The molecule has 2 heterocycles. The Morgan fingerprint density at radius 3 is 2.62 bits per heavy atom. The Morgan fingerprint density at radius 2 is 1.93 bits per heavy atom. The lowest BCUT2D eigenvalue weighted by Gasteiger charge is -2.14. The number of anilines is 1. The van der Waals surface area contributed by atoms with E-state index in [0.717, 1.165) is 28.9 Å². The maximum atomic E-state index is 6.24. The van der Waals surface area contributed by atoms with Gasteiger partial charge in [0, 0.05) is 31.1 Å². The molecule has 2 aromatic carbocycles. The number of rotatable bonds is 7. The van der Waals surface area contributed by atoms with E-state index in [4.69, 9.17) is 9.47 Å². The molecular formula is C20H25N6O2S+. The minimum Gasteiger partial charge on any atom is -0.497 e. The zero-order chi connectivity index (χ0) is 20.2. The van der Waals surface area contributed by atoms with Crippen LogP contribution in [0.25, 0.3) is 5.69 Å². The molecule has 0 saturated carbocycles. The molecule has 0 unspecified atom stereocenters. The lowest BCUT2D eigenvalue weighted by atomic mass is 10.2. The van der Waals surface area contributed by atoms with Crippen molar-refractivity contribution in [2.75, 3.05) is 38.4 Å². The fraction of sp³-hybridized carbons (Fsp3) is 0.350. The molecule has 4 rings (SSSR count). The first-order chi connectivity index (χ1) is 14.1. The van der Waals surface area contributed by atoms with Gasteiger partial charge in [-0.15, -0.1) is 5.10 Å². The molecule has 0 radical (unpaired) electrons. The number of hydrogen-bond acceptors (Lipinski definition) is 7. The first-order valence-corrected chi connectivity index (χ1v) is 10.4. The SMILES string of the molecule is COc1ccc(-n2nnnc2SC[C@@H]2C[NH2+][C@@H](c3ccc(N(C)C)cc3)O2)cc1. The maximum absolute atomic E-state index is 6.24. The molecule has 1 aromatic heterocycles. The smallest absolute Gasteiger partial charge is 0.217 e. The molecule has 1 aliphatic heterocycles. The van der Waals surface area contributed by atoms with Crippen molar-refractivity contribution in [3.05, 3.63) is 54.1 Å². The average molecular weight is 414 g/mol. The summed E-state index contributed by atoms with van der Waals surface area (Å²) in [6, 6.07) is 16.2.